The number of carbonyl (C=O) groups excluding carboxylic acids is 1. The normalized spacial score (nSPS) is 11.7. The minimum atomic E-state index is -0.131. The van der Waals surface area contributed by atoms with E-state index < -0.39 is 0 Å². The van der Waals surface area contributed by atoms with Gasteiger partial charge in [0.05, 0.1) is 6.61 Å². The lowest BCUT2D eigenvalue weighted by molar-refractivity contribution is -0.115. The second-order valence-electron chi connectivity index (χ2n) is 3.80. The Morgan fingerprint density at radius 2 is 1.82 bits per heavy atom. The topological polar surface area (TPSA) is 26.3 Å². The first-order valence-electron chi connectivity index (χ1n) is 5.67. The van der Waals surface area contributed by atoms with Gasteiger partial charge in [-0.05, 0) is 31.9 Å². The Balaban J connectivity index is 2.98. The summed E-state index contributed by atoms with van der Waals surface area (Å²) in [6.45, 7) is 9.66. The van der Waals surface area contributed by atoms with Crippen molar-refractivity contribution in [2.24, 2.45) is 0 Å². The lowest BCUT2D eigenvalue weighted by Crippen LogP contribution is -2.07. The molecule has 0 radical (unpaired) electrons. The standard InChI is InChI=1S/C15H18O2/c1-5-17-13(4)15(16)12(3)11(2)14-9-7-6-8-10-14/h6-10H,4-5H2,1-3H3/b12-11+. The maximum atomic E-state index is 12.0. The third-order valence-corrected chi connectivity index (χ3v) is 2.68. The molecule has 1 rings (SSSR count). The van der Waals surface area contributed by atoms with Gasteiger partial charge in [0.25, 0.3) is 0 Å². The van der Waals surface area contributed by atoms with E-state index in [0.29, 0.717) is 12.2 Å². The van der Waals surface area contributed by atoms with Gasteiger partial charge in [-0.1, -0.05) is 36.9 Å². The Kier molecular flexibility index (Phi) is 4.70. The molecule has 0 saturated carbocycles. The summed E-state index contributed by atoms with van der Waals surface area (Å²) in [4.78, 5) is 12.0. The molecule has 0 aliphatic heterocycles. The summed E-state index contributed by atoms with van der Waals surface area (Å²) in [5.74, 6) is 0.0773. The molecule has 0 N–H and O–H groups in total. The average molecular weight is 230 g/mol. The second-order valence-corrected chi connectivity index (χ2v) is 3.80. The van der Waals surface area contributed by atoms with Crippen LogP contribution in [0.25, 0.3) is 5.57 Å². The number of carbonyl (C=O) groups is 1. The Bertz CT molecular complexity index is 441. The van der Waals surface area contributed by atoms with Crippen molar-refractivity contribution < 1.29 is 9.53 Å². The van der Waals surface area contributed by atoms with Crippen molar-refractivity contribution in [3.63, 3.8) is 0 Å². The van der Waals surface area contributed by atoms with Gasteiger partial charge in [-0.2, -0.15) is 0 Å². The van der Waals surface area contributed by atoms with Gasteiger partial charge in [-0.25, -0.2) is 0 Å². The smallest absolute Gasteiger partial charge is 0.222 e. The summed E-state index contributed by atoms with van der Waals surface area (Å²) in [7, 11) is 0. The van der Waals surface area contributed by atoms with Crippen LogP contribution in [0.1, 0.15) is 26.3 Å². The van der Waals surface area contributed by atoms with E-state index in [2.05, 4.69) is 6.58 Å². The molecule has 0 heterocycles. The highest BCUT2D eigenvalue weighted by atomic mass is 16.5. The first-order chi connectivity index (χ1) is 8.07. The molecule has 2 nitrogen and oxygen atoms in total. The Labute approximate surface area is 103 Å². The number of hydrogen-bond donors (Lipinski definition) is 0. The lowest BCUT2D eigenvalue weighted by atomic mass is 9.99. The quantitative estimate of drug-likeness (QED) is 0.570. The van der Waals surface area contributed by atoms with Crippen molar-refractivity contribution >= 4 is 11.4 Å². The largest absolute Gasteiger partial charge is 0.490 e. The summed E-state index contributed by atoms with van der Waals surface area (Å²) in [5.41, 5.74) is 2.67. The van der Waals surface area contributed by atoms with Crippen molar-refractivity contribution in [1.82, 2.24) is 0 Å². The molecule has 0 saturated heterocycles. The van der Waals surface area contributed by atoms with Crippen molar-refractivity contribution in [2.45, 2.75) is 20.8 Å². The molecule has 1 aromatic carbocycles. The van der Waals surface area contributed by atoms with Gasteiger partial charge in [0.1, 0.15) is 0 Å². The third-order valence-electron chi connectivity index (χ3n) is 2.68. The zero-order valence-electron chi connectivity index (χ0n) is 10.6. The van der Waals surface area contributed by atoms with Gasteiger partial charge in [0.2, 0.25) is 5.78 Å². The average Bonchev–Trinajstić information content (AvgIpc) is 2.37. The van der Waals surface area contributed by atoms with Crippen LogP contribution in [0.2, 0.25) is 0 Å². The first-order valence-corrected chi connectivity index (χ1v) is 5.67. The van der Waals surface area contributed by atoms with Crippen LogP contribution in [0, 0.1) is 0 Å². The van der Waals surface area contributed by atoms with Gasteiger partial charge >= 0.3 is 0 Å². The second kappa shape index (κ2) is 6.04. The van der Waals surface area contributed by atoms with Crippen molar-refractivity contribution in [3.8, 4) is 0 Å². The maximum absolute atomic E-state index is 12.0. The molecule has 0 unspecified atom stereocenters. The van der Waals surface area contributed by atoms with Crippen LogP contribution in [-0.4, -0.2) is 12.4 Å². The molecule has 1 aromatic rings. The highest BCUT2D eigenvalue weighted by molar-refractivity contribution is 6.10. The van der Waals surface area contributed by atoms with Crippen LogP contribution in [0.3, 0.4) is 0 Å². The molecule has 0 aromatic heterocycles. The molecule has 0 fully saturated rings. The monoisotopic (exact) mass is 230 g/mol. The van der Waals surface area contributed by atoms with E-state index in [4.69, 9.17) is 4.74 Å². The van der Waals surface area contributed by atoms with Gasteiger partial charge in [0, 0.05) is 5.57 Å². The van der Waals surface area contributed by atoms with E-state index >= 15 is 0 Å². The van der Waals surface area contributed by atoms with Gasteiger partial charge < -0.3 is 4.74 Å². The van der Waals surface area contributed by atoms with E-state index in [-0.39, 0.29) is 11.5 Å². The fraction of sp³-hybridized carbons (Fsp3) is 0.267. The van der Waals surface area contributed by atoms with E-state index in [1.807, 2.05) is 44.2 Å². The maximum Gasteiger partial charge on any atom is 0.222 e. The summed E-state index contributed by atoms with van der Waals surface area (Å²) < 4.78 is 5.13. The third kappa shape index (κ3) is 3.31. The zero-order valence-corrected chi connectivity index (χ0v) is 10.6. The SMILES string of the molecule is C=C(OCC)C(=O)/C(C)=C(\C)c1ccccc1. The fourth-order valence-electron chi connectivity index (χ4n) is 1.52. The number of allylic oxidation sites excluding steroid dienone is 2. The van der Waals surface area contributed by atoms with Gasteiger partial charge in [-0.3, -0.25) is 4.79 Å². The minimum absolute atomic E-state index is 0.131. The highest BCUT2D eigenvalue weighted by Crippen LogP contribution is 2.20. The van der Waals surface area contributed by atoms with E-state index in [1.54, 1.807) is 6.92 Å². The summed E-state index contributed by atoms with van der Waals surface area (Å²) in [6.07, 6.45) is 0. The predicted octanol–water partition coefficient (Wildman–Crippen LogP) is 3.60. The number of ether oxygens (including phenoxy) is 1. The number of Topliss-reactive ketones (excluding diaryl/α,β-unsaturated/α-hetero) is 1. The van der Waals surface area contributed by atoms with Crippen LogP contribution in [-0.2, 0) is 9.53 Å². The molecule has 0 aliphatic carbocycles. The molecule has 0 atom stereocenters. The van der Waals surface area contributed by atoms with Crippen LogP contribution < -0.4 is 0 Å². The van der Waals surface area contributed by atoms with Crippen LogP contribution in [0.15, 0.2) is 48.2 Å². The molecular formula is C15H18O2. The van der Waals surface area contributed by atoms with Crippen LogP contribution in [0.5, 0.6) is 0 Å². The van der Waals surface area contributed by atoms with E-state index in [0.717, 1.165) is 11.1 Å². The summed E-state index contributed by atoms with van der Waals surface area (Å²) in [6, 6.07) is 9.82. The molecule has 90 valence electrons. The van der Waals surface area contributed by atoms with Crippen molar-refractivity contribution in [3.05, 3.63) is 53.8 Å². The molecular weight excluding hydrogens is 212 g/mol. The van der Waals surface area contributed by atoms with Crippen LogP contribution >= 0.6 is 0 Å². The molecule has 0 aliphatic rings. The highest BCUT2D eigenvalue weighted by Gasteiger charge is 2.13. The molecule has 0 bridgehead atoms. The van der Waals surface area contributed by atoms with Crippen LogP contribution in [0.4, 0.5) is 0 Å². The van der Waals surface area contributed by atoms with Gasteiger partial charge in [0.15, 0.2) is 5.76 Å². The first kappa shape index (κ1) is 13.2. The molecule has 2 heteroatoms. The number of hydrogen-bond acceptors (Lipinski definition) is 2. The van der Waals surface area contributed by atoms with Crippen molar-refractivity contribution in [2.75, 3.05) is 6.61 Å². The number of benzene rings is 1. The number of ketones is 1. The summed E-state index contributed by atoms with van der Waals surface area (Å²) in [5, 5.41) is 0. The fourth-order valence-corrected chi connectivity index (χ4v) is 1.52. The Morgan fingerprint density at radius 1 is 1.24 bits per heavy atom. The zero-order chi connectivity index (χ0) is 12.8. The molecule has 17 heavy (non-hydrogen) atoms. The molecule has 0 spiro atoms. The predicted molar refractivity (Wildman–Crippen MR) is 70.5 cm³/mol. The Hall–Kier alpha value is -1.83. The van der Waals surface area contributed by atoms with Crippen molar-refractivity contribution in [1.29, 1.82) is 0 Å². The van der Waals surface area contributed by atoms with E-state index in [9.17, 15) is 4.79 Å². The minimum Gasteiger partial charge on any atom is -0.490 e. The van der Waals surface area contributed by atoms with Gasteiger partial charge in [-0.15, -0.1) is 0 Å². The lowest BCUT2D eigenvalue weighted by Gasteiger charge is -2.09. The number of rotatable bonds is 5. The Morgan fingerprint density at radius 3 is 2.35 bits per heavy atom. The van der Waals surface area contributed by atoms with E-state index in [1.165, 1.54) is 0 Å². The molecule has 0 amide bonds. The summed E-state index contributed by atoms with van der Waals surface area (Å²) >= 11 is 0.